The highest BCUT2D eigenvalue weighted by atomic mass is 19.1. The van der Waals surface area contributed by atoms with Crippen molar-refractivity contribution in [2.24, 2.45) is 0 Å². The largest absolute Gasteiger partial charge is 0.504 e. The minimum atomic E-state index is -0.543. The maximum atomic E-state index is 13.6. The van der Waals surface area contributed by atoms with Crippen molar-refractivity contribution in [3.63, 3.8) is 0 Å². The lowest BCUT2D eigenvalue weighted by Crippen LogP contribution is -2.02. The molecule has 0 saturated carbocycles. The zero-order valence-electron chi connectivity index (χ0n) is 9.89. The fourth-order valence-electron chi connectivity index (χ4n) is 1.64. The summed E-state index contributed by atoms with van der Waals surface area (Å²) in [7, 11) is 0. The molecule has 4 nitrogen and oxygen atoms in total. The number of anilines is 1. The van der Waals surface area contributed by atoms with Crippen LogP contribution in [0.4, 0.5) is 10.1 Å². The summed E-state index contributed by atoms with van der Waals surface area (Å²) in [6.45, 7) is 0.156. The third-order valence-corrected chi connectivity index (χ3v) is 2.67. The Morgan fingerprint density at radius 1 is 1.21 bits per heavy atom. The van der Waals surface area contributed by atoms with Crippen molar-refractivity contribution >= 4 is 5.69 Å². The summed E-state index contributed by atoms with van der Waals surface area (Å²) in [5.74, 6) is -0.998. The van der Waals surface area contributed by atoms with E-state index < -0.39 is 5.82 Å². The van der Waals surface area contributed by atoms with Gasteiger partial charge in [0.1, 0.15) is 5.82 Å². The third kappa shape index (κ3) is 2.75. The van der Waals surface area contributed by atoms with Crippen molar-refractivity contribution in [3.05, 3.63) is 53.3 Å². The highest BCUT2D eigenvalue weighted by molar-refractivity contribution is 5.51. The Morgan fingerprint density at radius 2 is 2.00 bits per heavy atom. The Morgan fingerprint density at radius 3 is 2.68 bits per heavy atom. The smallest absolute Gasteiger partial charge is 0.162 e. The fraction of sp³-hybridized carbons (Fsp3) is 0.0714. The molecule has 0 fully saturated rings. The van der Waals surface area contributed by atoms with Gasteiger partial charge in [-0.3, -0.25) is 0 Å². The van der Waals surface area contributed by atoms with E-state index in [0.29, 0.717) is 5.56 Å². The van der Waals surface area contributed by atoms with Crippen LogP contribution in [0.5, 0.6) is 11.5 Å². The molecule has 0 aliphatic carbocycles. The number of phenols is 2. The van der Waals surface area contributed by atoms with Crippen LogP contribution in [0.15, 0.2) is 36.4 Å². The zero-order valence-corrected chi connectivity index (χ0v) is 9.89. The van der Waals surface area contributed by atoms with Gasteiger partial charge in [-0.15, -0.1) is 0 Å². The molecule has 0 spiro atoms. The van der Waals surface area contributed by atoms with Crippen LogP contribution >= 0.6 is 0 Å². The lowest BCUT2D eigenvalue weighted by Gasteiger charge is -2.09. The van der Waals surface area contributed by atoms with Gasteiger partial charge < -0.3 is 15.5 Å². The van der Waals surface area contributed by atoms with Gasteiger partial charge in [-0.2, -0.15) is 5.26 Å². The van der Waals surface area contributed by atoms with E-state index in [1.54, 1.807) is 12.1 Å². The number of para-hydroxylation sites is 1. The van der Waals surface area contributed by atoms with Crippen LogP contribution in [-0.4, -0.2) is 10.2 Å². The van der Waals surface area contributed by atoms with Crippen molar-refractivity contribution in [1.29, 1.82) is 5.26 Å². The first-order chi connectivity index (χ1) is 9.11. The van der Waals surface area contributed by atoms with Gasteiger partial charge in [0.25, 0.3) is 0 Å². The average Bonchev–Trinajstić information content (AvgIpc) is 2.41. The maximum Gasteiger partial charge on any atom is 0.162 e. The molecule has 5 heteroatoms. The van der Waals surface area contributed by atoms with Crippen LogP contribution in [0.2, 0.25) is 0 Å². The number of rotatable bonds is 3. The molecule has 0 aliphatic heterocycles. The van der Waals surface area contributed by atoms with E-state index >= 15 is 0 Å². The second-order valence-corrected chi connectivity index (χ2v) is 3.94. The van der Waals surface area contributed by atoms with E-state index in [1.807, 2.05) is 6.07 Å². The summed E-state index contributed by atoms with van der Waals surface area (Å²) >= 11 is 0. The van der Waals surface area contributed by atoms with E-state index in [2.05, 4.69) is 5.32 Å². The van der Waals surface area contributed by atoms with E-state index in [-0.39, 0.29) is 29.3 Å². The zero-order chi connectivity index (χ0) is 13.8. The predicted octanol–water partition coefficient (Wildman–Crippen LogP) is 2.72. The Kier molecular flexibility index (Phi) is 3.53. The molecule has 3 N–H and O–H groups in total. The van der Waals surface area contributed by atoms with E-state index in [4.69, 9.17) is 5.26 Å². The second kappa shape index (κ2) is 5.27. The molecule has 0 aliphatic rings. The lowest BCUT2D eigenvalue weighted by molar-refractivity contribution is 0.400. The minimum absolute atomic E-state index is 0.156. The van der Waals surface area contributed by atoms with Crippen molar-refractivity contribution in [1.82, 2.24) is 0 Å². The van der Waals surface area contributed by atoms with Crippen molar-refractivity contribution in [2.75, 3.05) is 5.32 Å². The summed E-state index contributed by atoms with van der Waals surface area (Å²) < 4.78 is 13.6. The van der Waals surface area contributed by atoms with Crippen molar-refractivity contribution in [3.8, 4) is 17.6 Å². The molecule has 96 valence electrons. The summed E-state index contributed by atoms with van der Waals surface area (Å²) in [6, 6.07) is 10.5. The van der Waals surface area contributed by atoms with Gasteiger partial charge in [-0.25, -0.2) is 4.39 Å². The second-order valence-electron chi connectivity index (χ2n) is 3.94. The Balaban J connectivity index is 2.15. The van der Waals surface area contributed by atoms with Crippen LogP contribution in [0.25, 0.3) is 0 Å². The van der Waals surface area contributed by atoms with Gasteiger partial charge in [-0.05, 0) is 24.3 Å². The van der Waals surface area contributed by atoms with Crippen molar-refractivity contribution < 1.29 is 14.6 Å². The van der Waals surface area contributed by atoms with Gasteiger partial charge in [0, 0.05) is 12.1 Å². The molecule has 0 radical (unpaired) electrons. The number of hydrogen-bond donors (Lipinski definition) is 3. The molecule has 2 rings (SSSR count). The highest BCUT2D eigenvalue weighted by Gasteiger charge is 2.07. The summed E-state index contributed by atoms with van der Waals surface area (Å²) in [6.07, 6.45) is 0. The number of aromatic hydroxyl groups is 2. The Labute approximate surface area is 109 Å². The number of phenolic OH excluding ortho intramolecular Hbond substituents is 2. The molecule has 0 bridgehead atoms. The van der Waals surface area contributed by atoms with Crippen LogP contribution < -0.4 is 5.32 Å². The fourth-order valence-corrected chi connectivity index (χ4v) is 1.64. The minimum Gasteiger partial charge on any atom is -0.504 e. The quantitative estimate of drug-likeness (QED) is 0.740. The van der Waals surface area contributed by atoms with E-state index in [1.165, 1.54) is 18.2 Å². The van der Waals surface area contributed by atoms with Crippen LogP contribution in [0.3, 0.4) is 0 Å². The molecule has 0 saturated heterocycles. The average molecular weight is 258 g/mol. The number of nitriles is 1. The number of nitrogens with zero attached hydrogens (tertiary/aromatic N) is 1. The number of benzene rings is 2. The molecule has 0 aromatic heterocycles. The first kappa shape index (κ1) is 12.7. The normalized spacial score (nSPS) is 9.89. The summed E-state index contributed by atoms with van der Waals surface area (Å²) in [4.78, 5) is 0. The van der Waals surface area contributed by atoms with Gasteiger partial charge in [0.15, 0.2) is 11.5 Å². The number of halogens is 1. The predicted molar refractivity (Wildman–Crippen MR) is 68.2 cm³/mol. The van der Waals surface area contributed by atoms with Gasteiger partial charge in [-0.1, -0.05) is 12.1 Å². The van der Waals surface area contributed by atoms with Crippen LogP contribution in [-0.2, 0) is 6.54 Å². The molecule has 2 aromatic carbocycles. The van der Waals surface area contributed by atoms with Crippen LogP contribution in [0, 0.1) is 17.1 Å². The first-order valence-electron chi connectivity index (χ1n) is 5.55. The molecule has 0 unspecified atom stereocenters. The maximum absolute atomic E-state index is 13.6. The lowest BCUT2D eigenvalue weighted by atomic mass is 10.1. The molecule has 0 heterocycles. The molecule has 0 atom stereocenters. The first-order valence-corrected chi connectivity index (χ1v) is 5.55. The topological polar surface area (TPSA) is 76.3 Å². The molecule has 0 amide bonds. The standard InChI is InChI=1S/C14H11FN2O2/c15-11-6-9(7-16)4-5-12(11)17-8-10-2-1-3-13(18)14(10)19/h1-6,17-19H,8H2. The number of hydrogen-bond acceptors (Lipinski definition) is 4. The molecular formula is C14H11FN2O2. The van der Waals surface area contributed by atoms with Crippen molar-refractivity contribution in [2.45, 2.75) is 6.54 Å². The highest BCUT2D eigenvalue weighted by Crippen LogP contribution is 2.29. The van der Waals surface area contributed by atoms with Crippen LogP contribution in [0.1, 0.15) is 11.1 Å². The Bertz CT molecular complexity index is 650. The SMILES string of the molecule is N#Cc1ccc(NCc2cccc(O)c2O)c(F)c1. The van der Waals surface area contributed by atoms with Gasteiger partial charge >= 0.3 is 0 Å². The third-order valence-electron chi connectivity index (χ3n) is 2.67. The molecule has 19 heavy (non-hydrogen) atoms. The Hall–Kier alpha value is -2.74. The summed E-state index contributed by atoms with van der Waals surface area (Å²) in [5.41, 5.74) is 0.911. The molecule has 2 aromatic rings. The number of nitrogens with one attached hydrogen (secondary N) is 1. The van der Waals surface area contributed by atoms with Gasteiger partial charge in [0.05, 0.1) is 17.3 Å². The molecular weight excluding hydrogens is 247 g/mol. The van der Waals surface area contributed by atoms with E-state index in [0.717, 1.165) is 6.07 Å². The van der Waals surface area contributed by atoms with Gasteiger partial charge in [0.2, 0.25) is 0 Å². The monoisotopic (exact) mass is 258 g/mol. The summed E-state index contributed by atoms with van der Waals surface area (Å²) in [5, 5.41) is 30.4. The van der Waals surface area contributed by atoms with E-state index in [9.17, 15) is 14.6 Å².